The van der Waals surface area contributed by atoms with Crippen LogP contribution in [0.1, 0.15) is 56.7 Å². The van der Waals surface area contributed by atoms with E-state index in [0.717, 1.165) is 29.4 Å². The van der Waals surface area contributed by atoms with Crippen molar-refractivity contribution in [2.24, 2.45) is 17.3 Å². The highest BCUT2D eigenvalue weighted by atomic mass is 16.4. The Morgan fingerprint density at radius 1 is 1.08 bits per heavy atom. The van der Waals surface area contributed by atoms with Gasteiger partial charge in [-0.3, -0.25) is 4.79 Å². The Morgan fingerprint density at radius 2 is 1.76 bits per heavy atom. The van der Waals surface area contributed by atoms with Gasteiger partial charge in [-0.2, -0.15) is 0 Å². The number of rotatable bonds is 2. The molecule has 3 nitrogen and oxygen atoms in total. The van der Waals surface area contributed by atoms with E-state index in [1.54, 1.807) is 6.07 Å². The minimum absolute atomic E-state index is 0.00424. The molecule has 3 heteroatoms. The van der Waals surface area contributed by atoms with Gasteiger partial charge in [0, 0.05) is 23.8 Å². The van der Waals surface area contributed by atoms with Crippen LogP contribution in [0.2, 0.25) is 0 Å². The number of ketones is 1. The van der Waals surface area contributed by atoms with Gasteiger partial charge >= 0.3 is 5.63 Å². The number of hydrogen-bond acceptors (Lipinski definition) is 3. The Labute approximate surface area is 149 Å². The smallest absolute Gasteiger partial charge is 0.336 e. The van der Waals surface area contributed by atoms with Crippen molar-refractivity contribution in [3.8, 4) is 0 Å². The second-order valence-electron chi connectivity index (χ2n) is 8.73. The molecule has 1 aliphatic rings. The third-order valence-electron chi connectivity index (χ3n) is 5.90. The topological polar surface area (TPSA) is 47.3 Å². The predicted molar refractivity (Wildman–Crippen MR) is 101 cm³/mol. The fraction of sp³-hybridized carbons (Fsp3) is 0.545. The van der Waals surface area contributed by atoms with Gasteiger partial charge in [-0.05, 0) is 73.3 Å². The number of hydrogen-bond donors (Lipinski definition) is 0. The molecule has 1 saturated carbocycles. The standard InChI is InChI=1S/C22H28O3/c1-13-8-18-15(12-21(24)25-20(18)9-14(13)2)10-16-11-17(22(3,4)5)6-7-19(16)23/h8-9,12,16-17H,6-7,10-11H2,1-5H3/t16-,17+/m0/s1. The van der Waals surface area contributed by atoms with Crippen LogP contribution in [0.25, 0.3) is 11.0 Å². The van der Waals surface area contributed by atoms with Crippen LogP contribution in [0.15, 0.2) is 27.4 Å². The number of carbonyl (C=O) groups is 1. The van der Waals surface area contributed by atoms with Crippen LogP contribution in [0.3, 0.4) is 0 Å². The summed E-state index contributed by atoms with van der Waals surface area (Å²) in [4.78, 5) is 24.5. The minimum Gasteiger partial charge on any atom is -0.423 e. The highest BCUT2D eigenvalue weighted by Crippen LogP contribution is 2.40. The molecule has 134 valence electrons. The number of aryl methyl sites for hydroxylation is 2. The van der Waals surface area contributed by atoms with E-state index in [-0.39, 0.29) is 17.0 Å². The molecule has 0 bridgehead atoms. The quantitative estimate of drug-likeness (QED) is 0.724. The van der Waals surface area contributed by atoms with Crippen molar-refractivity contribution in [3.63, 3.8) is 0 Å². The van der Waals surface area contributed by atoms with E-state index in [1.165, 1.54) is 5.56 Å². The number of fused-ring (bicyclic) bond motifs is 1. The van der Waals surface area contributed by atoms with E-state index in [1.807, 2.05) is 13.0 Å². The molecule has 0 saturated heterocycles. The van der Waals surface area contributed by atoms with E-state index >= 15 is 0 Å². The third-order valence-corrected chi connectivity index (χ3v) is 5.90. The summed E-state index contributed by atoms with van der Waals surface area (Å²) in [6.07, 6.45) is 3.18. The first-order chi connectivity index (χ1) is 11.6. The summed E-state index contributed by atoms with van der Waals surface area (Å²) in [5.41, 5.74) is 3.73. The van der Waals surface area contributed by atoms with Gasteiger partial charge in [0.2, 0.25) is 0 Å². The molecule has 0 unspecified atom stereocenters. The average molecular weight is 340 g/mol. The molecule has 0 spiro atoms. The first-order valence-corrected chi connectivity index (χ1v) is 9.22. The van der Waals surface area contributed by atoms with Crippen LogP contribution in [-0.2, 0) is 11.2 Å². The lowest BCUT2D eigenvalue weighted by molar-refractivity contribution is -0.126. The van der Waals surface area contributed by atoms with Crippen LogP contribution in [-0.4, -0.2) is 5.78 Å². The molecular formula is C22H28O3. The number of benzene rings is 1. The summed E-state index contributed by atoms with van der Waals surface area (Å²) in [6.45, 7) is 10.8. The van der Waals surface area contributed by atoms with Crippen molar-refractivity contribution < 1.29 is 9.21 Å². The molecule has 3 rings (SSSR count). The maximum absolute atomic E-state index is 12.5. The van der Waals surface area contributed by atoms with E-state index in [2.05, 4.69) is 33.8 Å². The Hall–Kier alpha value is -1.90. The van der Waals surface area contributed by atoms with Crippen molar-refractivity contribution in [3.05, 3.63) is 45.3 Å². The maximum Gasteiger partial charge on any atom is 0.336 e. The van der Waals surface area contributed by atoms with Crippen molar-refractivity contribution >= 4 is 16.8 Å². The SMILES string of the molecule is Cc1cc2oc(=O)cc(C[C@H]3C[C@H](C(C)(C)C)CCC3=O)c2cc1C. The Bertz CT molecular complexity index is 867. The van der Waals surface area contributed by atoms with Crippen molar-refractivity contribution in [1.29, 1.82) is 0 Å². The van der Waals surface area contributed by atoms with E-state index in [0.29, 0.717) is 30.1 Å². The molecule has 0 radical (unpaired) electrons. The van der Waals surface area contributed by atoms with Crippen LogP contribution >= 0.6 is 0 Å². The Morgan fingerprint density at radius 3 is 2.44 bits per heavy atom. The lowest BCUT2D eigenvalue weighted by atomic mass is 9.67. The highest BCUT2D eigenvalue weighted by molar-refractivity contribution is 5.85. The molecular weight excluding hydrogens is 312 g/mol. The normalized spacial score (nSPS) is 21.7. The zero-order valence-electron chi connectivity index (χ0n) is 15.9. The number of carbonyl (C=O) groups excluding carboxylic acids is 1. The van der Waals surface area contributed by atoms with Crippen LogP contribution in [0.4, 0.5) is 0 Å². The van der Waals surface area contributed by atoms with Gasteiger partial charge in [0.25, 0.3) is 0 Å². The Kier molecular flexibility index (Phi) is 4.61. The van der Waals surface area contributed by atoms with Crippen LogP contribution in [0, 0.1) is 31.1 Å². The van der Waals surface area contributed by atoms with Crippen molar-refractivity contribution in [1.82, 2.24) is 0 Å². The summed E-state index contributed by atoms with van der Waals surface area (Å²) in [5, 5.41) is 0.966. The van der Waals surface area contributed by atoms with Crippen LogP contribution in [0.5, 0.6) is 0 Å². The molecule has 1 fully saturated rings. The fourth-order valence-electron chi connectivity index (χ4n) is 4.01. The summed E-state index contributed by atoms with van der Waals surface area (Å²) in [7, 11) is 0. The molecule has 25 heavy (non-hydrogen) atoms. The van der Waals surface area contributed by atoms with E-state index < -0.39 is 0 Å². The lowest BCUT2D eigenvalue weighted by Crippen LogP contribution is -2.33. The van der Waals surface area contributed by atoms with Gasteiger partial charge < -0.3 is 4.42 Å². The lowest BCUT2D eigenvalue weighted by Gasteiger charge is -2.37. The van der Waals surface area contributed by atoms with Gasteiger partial charge in [0.05, 0.1) is 0 Å². The summed E-state index contributed by atoms with van der Waals surface area (Å²) >= 11 is 0. The molecule has 0 aliphatic heterocycles. The third kappa shape index (κ3) is 3.70. The summed E-state index contributed by atoms with van der Waals surface area (Å²) < 4.78 is 5.39. The largest absolute Gasteiger partial charge is 0.423 e. The maximum atomic E-state index is 12.5. The van der Waals surface area contributed by atoms with Gasteiger partial charge in [0.1, 0.15) is 11.4 Å². The molecule has 2 atom stereocenters. The molecule has 1 aliphatic carbocycles. The first kappa shape index (κ1) is 17.9. The van der Waals surface area contributed by atoms with Crippen LogP contribution < -0.4 is 5.63 Å². The van der Waals surface area contributed by atoms with Gasteiger partial charge in [-0.25, -0.2) is 4.79 Å². The zero-order chi connectivity index (χ0) is 18.4. The second kappa shape index (κ2) is 6.44. The molecule has 1 aromatic heterocycles. The predicted octanol–water partition coefficient (Wildman–Crippen LogP) is 4.98. The van der Waals surface area contributed by atoms with E-state index in [9.17, 15) is 9.59 Å². The molecule has 0 amide bonds. The highest BCUT2D eigenvalue weighted by Gasteiger charge is 2.35. The second-order valence-corrected chi connectivity index (χ2v) is 8.73. The first-order valence-electron chi connectivity index (χ1n) is 9.22. The molecule has 1 aromatic carbocycles. The van der Waals surface area contributed by atoms with Gasteiger partial charge in [0.15, 0.2) is 0 Å². The molecule has 2 aromatic rings. The minimum atomic E-state index is -0.332. The van der Waals surface area contributed by atoms with Crippen molar-refractivity contribution in [2.45, 2.75) is 60.3 Å². The van der Waals surface area contributed by atoms with E-state index in [4.69, 9.17) is 4.42 Å². The molecule has 0 N–H and O–H groups in total. The van der Waals surface area contributed by atoms with Crippen molar-refractivity contribution in [2.75, 3.05) is 0 Å². The summed E-state index contributed by atoms with van der Waals surface area (Å²) in [5.74, 6) is 0.890. The average Bonchev–Trinajstić information content (AvgIpc) is 2.50. The summed E-state index contributed by atoms with van der Waals surface area (Å²) in [6, 6.07) is 5.58. The number of Topliss-reactive ketones (excluding diaryl/α,β-unsaturated/α-hetero) is 1. The monoisotopic (exact) mass is 340 g/mol. The molecule has 1 heterocycles. The fourth-order valence-corrected chi connectivity index (χ4v) is 4.01. The Balaban J connectivity index is 1.98. The zero-order valence-corrected chi connectivity index (χ0v) is 15.9. The van der Waals surface area contributed by atoms with Gasteiger partial charge in [-0.15, -0.1) is 0 Å². The van der Waals surface area contributed by atoms with Gasteiger partial charge in [-0.1, -0.05) is 20.8 Å².